The molecule has 0 spiro atoms. The summed E-state index contributed by atoms with van der Waals surface area (Å²) in [6.07, 6.45) is 5.14. The van der Waals surface area contributed by atoms with Crippen molar-refractivity contribution in [2.24, 2.45) is 0 Å². The van der Waals surface area contributed by atoms with Gasteiger partial charge in [-0.2, -0.15) is 5.10 Å². The van der Waals surface area contributed by atoms with Gasteiger partial charge in [0.15, 0.2) is 0 Å². The summed E-state index contributed by atoms with van der Waals surface area (Å²) in [6, 6.07) is 8.74. The van der Waals surface area contributed by atoms with Gasteiger partial charge in [-0.3, -0.25) is 5.32 Å². The molecule has 11 heteroatoms. The van der Waals surface area contributed by atoms with Gasteiger partial charge < -0.3 is 25.5 Å². The standard InChI is InChI=1S/C28H40BN7O3/c1-6-10-21(15-24-20(3)35(4)33-25(24)18-37)26-19(2)27(36(34-26)23-11-8-7-9-12-23)32-28(38)31-22(16-29)17-30-13-14-39-5/h7-12,15,22,25,30,33,37H,3,6,13-14,16-18H2,1-2,4-5H3,(H2,31,32,38)/b21-10+,24-15+/t22-,25?/m0/s1. The third-order valence-electron chi connectivity index (χ3n) is 6.50. The van der Waals surface area contributed by atoms with Crippen LogP contribution >= 0.6 is 0 Å². The number of methoxy groups -OCH3 is 1. The lowest BCUT2D eigenvalue weighted by Crippen LogP contribution is -2.44. The van der Waals surface area contributed by atoms with Crippen molar-refractivity contribution in [3.05, 3.63) is 71.6 Å². The van der Waals surface area contributed by atoms with E-state index in [0.717, 1.165) is 40.2 Å². The minimum absolute atomic E-state index is 0.0678. The topological polar surface area (TPSA) is 116 Å². The van der Waals surface area contributed by atoms with E-state index >= 15 is 0 Å². The number of para-hydroxylation sites is 1. The van der Waals surface area contributed by atoms with E-state index in [-0.39, 0.29) is 31.0 Å². The first-order chi connectivity index (χ1) is 18.8. The number of benzene rings is 1. The maximum Gasteiger partial charge on any atom is 0.320 e. The van der Waals surface area contributed by atoms with Crippen molar-refractivity contribution < 1.29 is 14.6 Å². The second-order valence-electron chi connectivity index (χ2n) is 9.33. The summed E-state index contributed by atoms with van der Waals surface area (Å²) in [7, 11) is 9.41. The van der Waals surface area contributed by atoms with Crippen molar-refractivity contribution in [3.63, 3.8) is 0 Å². The Morgan fingerprint density at radius 1 is 1.36 bits per heavy atom. The highest BCUT2D eigenvalue weighted by molar-refractivity contribution is 6.09. The Hall–Kier alpha value is -3.38. The van der Waals surface area contributed by atoms with Crippen LogP contribution in [0.3, 0.4) is 0 Å². The maximum atomic E-state index is 13.1. The number of amides is 2. The number of hydrogen-bond acceptors (Lipinski definition) is 7. The molecule has 2 atom stereocenters. The number of carbonyl (C=O) groups excluding carboxylic acids is 1. The van der Waals surface area contributed by atoms with Gasteiger partial charge >= 0.3 is 6.03 Å². The highest BCUT2D eigenvalue weighted by Gasteiger charge is 2.28. The molecule has 0 bridgehead atoms. The summed E-state index contributed by atoms with van der Waals surface area (Å²) in [6.45, 7) is 9.84. The molecule has 1 unspecified atom stereocenters. The first kappa shape index (κ1) is 30.2. The Balaban J connectivity index is 1.96. The van der Waals surface area contributed by atoms with Crippen molar-refractivity contribution in [1.82, 2.24) is 30.8 Å². The number of nitrogens with one attached hydrogen (secondary N) is 4. The number of rotatable bonds is 13. The number of hydrogen-bond donors (Lipinski definition) is 5. The van der Waals surface area contributed by atoms with Crippen LogP contribution in [0.5, 0.6) is 0 Å². The summed E-state index contributed by atoms with van der Waals surface area (Å²) in [5.74, 6) is 0.552. The van der Waals surface area contributed by atoms with Crippen LogP contribution in [0.2, 0.25) is 6.32 Å². The predicted molar refractivity (Wildman–Crippen MR) is 157 cm³/mol. The fraction of sp³-hybridized carbons (Fsp3) is 0.429. The zero-order valence-corrected chi connectivity index (χ0v) is 23.3. The van der Waals surface area contributed by atoms with Crippen LogP contribution in [-0.4, -0.2) is 86.3 Å². The number of aromatic nitrogens is 2. The number of allylic oxidation sites excluding steroid dienone is 3. The lowest BCUT2D eigenvalue weighted by Gasteiger charge is -2.19. The van der Waals surface area contributed by atoms with E-state index in [1.807, 2.05) is 50.4 Å². The molecule has 5 N–H and O–H groups in total. The van der Waals surface area contributed by atoms with Crippen LogP contribution in [0.15, 0.2) is 60.3 Å². The SMILES string of the molecule is [B]C[C@@H](CNCCOC)NC(=O)Nc1c(C)c(C(/C=C2\C(=C)N(C)NC2CO)=C/CC)nn1-c1ccccc1. The van der Waals surface area contributed by atoms with Crippen molar-refractivity contribution in [2.45, 2.75) is 38.7 Å². The summed E-state index contributed by atoms with van der Waals surface area (Å²) < 4.78 is 6.79. The molecule has 1 fully saturated rings. The van der Waals surface area contributed by atoms with E-state index in [0.29, 0.717) is 25.5 Å². The molecule has 1 saturated heterocycles. The van der Waals surface area contributed by atoms with Gasteiger partial charge in [0.05, 0.1) is 38.5 Å². The van der Waals surface area contributed by atoms with Crippen LogP contribution in [0.1, 0.15) is 24.6 Å². The number of aliphatic hydroxyl groups is 1. The number of hydrazine groups is 1. The first-order valence-corrected chi connectivity index (χ1v) is 13.2. The molecule has 39 heavy (non-hydrogen) atoms. The van der Waals surface area contributed by atoms with E-state index < -0.39 is 0 Å². The van der Waals surface area contributed by atoms with Crippen LogP contribution < -0.4 is 21.4 Å². The smallest absolute Gasteiger partial charge is 0.320 e. The maximum absolute atomic E-state index is 13.1. The largest absolute Gasteiger partial charge is 0.394 e. The van der Waals surface area contributed by atoms with Gasteiger partial charge in [-0.1, -0.05) is 44.1 Å². The van der Waals surface area contributed by atoms with Gasteiger partial charge in [-0.25, -0.2) is 14.9 Å². The minimum Gasteiger partial charge on any atom is -0.394 e. The molecule has 3 rings (SSSR count). The van der Waals surface area contributed by atoms with Crippen LogP contribution in [0.4, 0.5) is 10.6 Å². The predicted octanol–water partition coefficient (Wildman–Crippen LogP) is 2.54. The molecule has 2 heterocycles. The van der Waals surface area contributed by atoms with Crippen LogP contribution in [-0.2, 0) is 4.74 Å². The molecule has 2 aromatic rings. The number of aliphatic hydroxyl groups excluding tert-OH is 1. The third-order valence-corrected chi connectivity index (χ3v) is 6.50. The Bertz CT molecular complexity index is 1180. The van der Waals surface area contributed by atoms with Gasteiger partial charge in [-0.05, 0) is 42.7 Å². The molecule has 0 aliphatic carbocycles. The van der Waals surface area contributed by atoms with Gasteiger partial charge in [0.1, 0.15) is 5.82 Å². The average Bonchev–Trinajstić information content (AvgIpc) is 3.40. The Morgan fingerprint density at radius 2 is 2.10 bits per heavy atom. The molecule has 2 amide bonds. The van der Waals surface area contributed by atoms with E-state index in [1.54, 1.807) is 16.8 Å². The Labute approximate surface area is 232 Å². The summed E-state index contributed by atoms with van der Waals surface area (Å²) >= 11 is 0. The van der Waals surface area contributed by atoms with Gasteiger partial charge in [0, 0.05) is 44.5 Å². The zero-order chi connectivity index (χ0) is 28.4. The third kappa shape index (κ3) is 7.60. The molecule has 0 saturated carbocycles. The monoisotopic (exact) mass is 533 g/mol. The lowest BCUT2D eigenvalue weighted by molar-refractivity contribution is 0.198. The minimum atomic E-state index is -0.375. The first-order valence-electron chi connectivity index (χ1n) is 13.2. The normalized spacial score (nSPS) is 17.6. The van der Waals surface area contributed by atoms with Crippen molar-refractivity contribution in [2.75, 3.05) is 45.8 Å². The molecular formula is C28H40BN7O3. The van der Waals surface area contributed by atoms with Crippen LogP contribution in [0, 0.1) is 6.92 Å². The van der Waals surface area contributed by atoms with Crippen molar-refractivity contribution >= 4 is 25.3 Å². The fourth-order valence-electron chi connectivity index (χ4n) is 4.36. The summed E-state index contributed by atoms with van der Waals surface area (Å²) in [5.41, 5.74) is 8.08. The molecule has 2 radical (unpaired) electrons. The molecule has 1 aliphatic rings. The molecular weight excluding hydrogens is 493 g/mol. The Morgan fingerprint density at radius 3 is 2.74 bits per heavy atom. The van der Waals surface area contributed by atoms with Gasteiger partial charge in [0.2, 0.25) is 0 Å². The number of urea groups is 1. The average molecular weight is 533 g/mol. The highest BCUT2D eigenvalue weighted by Crippen LogP contribution is 2.32. The van der Waals surface area contributed by atoms with Gasteiger partial charge in [0.25, 0.3) is 0 Å². The number of anilines is 1. The summed E-state index contributed by atoms with van der Waals surface area (Å²) in [4.78, 5) is 13.1. The zero-order valence-electron chi connectivity index (χ0n) is 23.3. The van der Waals surface area contributed by atoms with E-state index in [1.165, 1.54) is 0 Å². The number of ether oxygens (including phenoxy) is 1. The van der Waals surface area contributed by atoms with E-state index in [9.17, 15) is 9.90 Å². The highest BCUT2D eigenvalue weighted by atomic mass is 16.5. The second kappa shape index (κ2) is 14.7. The van der Waals surface area contributed by atoms with Crippen LogP contribution in [0.25, 0.3) is 11.3 Å². The second-order valence-corrected chi connectivity index (χ2v) is 9.33. The molecule has 1 aromatic carbocycles. The fourth-order valence-corrected chi connectivity index (χ4v) is 4.36. The summed E-state index contributed by atoms with van der Waals surface area (Å²) in [5, 5.41) is 25.9. The quantitative estimate of drug-likeness (QED) is 0.199. The van der Waals surface area contributed by atoms with Crippen molar-refractivity contribution in [3.8, 4) is 5.69 Å². The molecule has 1 aromatic heterocycles. The lowest BCUT2D eigenvalue weighted by atomic mass is 9.97. The Kier molecular flexibility index (Phi) is 11.4. The molecule has 10 nitrogen and oxygen atoms in total. The van der Waals surface area contributed by atoms with Crippen molar-refractivity contribution in [1.29, 1.82) is 0 Å². The number of nitrogens with zero attached hydrogens (tertiary/aromatic N) is 3. The molecule has 208 valence electrons. The van der Waals surface area contributed by atoms with E-state index in [2.05, 4.69) is 41.0 Å². The number of carbonyl (C=O) groups is 1. The van der Waals surface area contributed by atoms with Gasteiger partial charge in [-0.15, -0.1) is 0 Å². The number of likely N-dealkylation sites (N-methyl/N-ethyl adjacent to an activating group) is 1. The molecule has 1 aliphatic heterocycles. The van der Waals surface area contributed by atoms with E-state index in [4.69, 9.17) is 17.7 Å².